The molecule has 1 heterocycles. The third-order valence-corrected chi connectivity index (χ3v) is 3.55. The van der Waals surface area contributed by atoms with Crippen molar-refractivity contribution in [2.45, 2.75) is 31.8 Å². The third kappa shape index (κ3) is 2.94. The number of nitrogens with two attached hydrogens (primary N) is 1. The van der Waals surface area contributed by atoms with E-state index in [1.165, 1.54) is 24.3 Å². The molecule has 98 valence electrons. The molecule has 1 saturated heterocycles. The molecule has 1 fully saturated rings. The van der Waals surface area contributed by atoms with Crippen LogP contribution in [0, 0.1) is 5.82 Å². The summed E-state index contributed by atoms with van der Waals surface area (Å²) in [7, 11) is 0. The van der Waals surface area contributed by atoms with E-state index in [4.69, 9.17) is 5.73 Å². The summed E-state index contributed by atoms with van der Waals surface area (Å²) in [5.41, 5.74) is 6.48. The Morgan fingerprint density at radius 1 is 1.44 bits per heavy atom. The summed E-state index contributed by atoms with van der Waals surface area (Å²) in [5.74, 6) is -0.289. The van der Waals surface area contributed by atoms with Gasteiger partial charge in [0.25, 0.3) is 0 Å². The lowest BCUT2D eigenvalue weighted by Gasteiger charge is -2.34. The topological polar surface area (TPSA) is 46.3 Å². The molecule has 0 saturated carbocycles. The molecular formula is C14H19FN2O. The number of nitrogens with zero attached hydrogens (tertiary/aromatic N) is 1. The summed E-state index contributed by atoms with van der Waals surface area (Å²) in [5, 5.41) is 0. The van der Waals surface area contributed by atoms with Crippen LogP contribution in [0.3, 0.4) is 0 Å². The molecule has 0 aliphatic carbocycles. The first-order valence-electron chi connectivity index (χ1n) is 6.37. The predicted molar refractivity (Wildman–Crippen MR) is 69.0 cm³/mol. The Morgan fingerprint density at radius 2 is 2.11 bits per heavy atom. The molecule has 2 N–H and O–H groups in total. The van der Waals surface area contributed by atoms with E-state index in [9.17, 15) is 9.18 Å². The molecule has 0 aromatic heterocycles. The minimum atomic E-state index is -0.320. The van der Waals surface area contributed by atoms with Crippen molar-refractivity contribution >= 4 is 5.78 Å². The Kier molecular flexibility index (Phi) is 4.09. The zero-order valence-electron chi connectivity index (χ0n) is 10.6. The van der Waals surface area contributed by atoms with Gasteiger partial charge < -0.3 is 5.73 Å². The van der Waals surface area contributed by atoms with Crippen LogP contribution in [0.25, 0.3) is 0 Å². The van der Waals surface area contributed by atoms with E-state index in [-0.39, 0.29) is 23.7 Å². The van der Waals surface area contributed by atoms with Crippen LogP contribution < -0.4 is 5.73 Å². The van der Waals surface area contributed by atoms with Gasteiger partial charge in [-0.3, -0.25) is 9.69 Å². The number of piperidine rings is 1. The fourth-order valence-electron chi connectivity index (χ4n) is 2.41. The van der Waals surface area contributed by atoms with Crippen LogP contribution in [0.15, 0.2) is 24.3 Å². The predicted octanol–water partition coefficient (Wildman–Crippen LogP) is 1.82. The highest BCUT2D eigenvalue weighted by molar-refractivity contribution is 5.99. The number of halogens is 1. The van der Waals surface area contributed by atoms with Gasteiger partial charge in [0.1, 0.15) is 5.82 Å². The van der Waals surface area contributed by atoms with Crippen molar-refractivity contribution in [3.05, 3.63) is 35.6 Å². The zero-order valence-corrected chi connectivity index (χ0v) is 10.6. The monoisotopic (exact) mass is 250 g/mol. The molecule has 0 bridgehead atoms. The Bertz CT molecular complexity index is 418. The first kappa shape index (κ1) is 13.2. The van der Waals surface area contributed by atoms with Crippen LogP contribution in [-0.2, 0) is 0 Å². The van der Waals surface area contributed by atoms with Crippen LogP contribution in [0.4, 0.5) is 4.39 Å². The lowest BCUT2D eigenvalue weighted by molar-refractivity contribution is 0.0794. The Balaban J connectivity index is 2.06. The van der Waals surface area contributed by atoms with Crippen molar-refractivity contribution in [1.29, 1.82) is 0 Å². The number of hydrogen-bond donors (Lipinski definition) is 1. The second-order valence-electron chi connectivity index (χ2n) is 4.94. The number of benzene rings is 1. The summed E-state index contributed by atoms with van der Waals surface area (Å²) in [6, 6.07) is 5.68. The van der Waals surface area contributed by atoms with Crippen LogP contribution in [0.5, 0.6) is 0 Å². The molecule has 2 atom stereocenters. The first-order valence-corrected chi connectivity index (χ1v) is 6.37. The second-order valence-corrected chi connectivity index (χ2v) is 4.94. The normalized spacial score (nSPS) is 22.7. The molecule has 1 aliphatic heterocycles. The number of Topliss-reactive ketones (excluding diaryl/α,β-unsaturated/α-hetero) is 1. The maximum absolute atomic E-state index is 12.8. The molecule has 1 aliphatic rings. The van der Waals surface area contributed by atoms with Crippen molar-refractivity contribution in [3.63, 3.8) is 0 Å². The molecular weight excluding hydrogens is 231 g/mol. The van der Waals surface area contributed by atoms with E-state index < -0.39 is 0 Å². The fraction of sp³-hybridized carbons (Fsp3) is 0.500. The van der Waals surface area contributed by atoms with E-state index in [0.29, 0.717) is 5.56 Å². The molecule has 0 spiro atoms. The summed E-state index contributed by atoms with van der Waals surface area (Å²) in [6.45, 7) is 3.56. The smallest absolute Gasteiger partial charge is 0.179 e. The van der Waals surface area contributed by atoms with Gasteiger partial charge in [-0.1, -0.05) is 0 Å². The summed E-state index contributed by atoms with van der Waals surface area (Å²) < 4.78 is 12.8. The molecule has 18 heavy (non-hydrogen) atoms. The summed E-state index contributed by atoms with van der Waals surface area (Å²) in [6.07, 6.45) is 2.05. The highest BCUT2D eigenvalue weighted by atomic mass is 19.1. The minimum Gasteiger partial charge on any atom is -0.327 e. The summed E-state index contributed by atoms with van der Waals surface area (Å²) in [4.78, 5) is 14.4. The number of carbonyl (C=O) groups is 1. The molecule has 2 rings (SSSR count). The van der Waals surface area contributed by atoms with Gasteiger partial charge in [0.15, 0.2) is 5.78 Å². The van der Waals surface area contributed by atoms with Crippen LogP contribution in [0.2, 0.25) is 0 Å². The maximum Gasteiger partial charge on any atom is 0.179 e. The molecule has 1 aromatic carbocycles. The molecule has 0 amide bonds. The number of ketones is 1. The third-order valence-electron chi connectivity index (χ3n) is 3.55. The van der Waals surface area contributed by atoms with Crippen LogP contribution in [0.1, 0.15) is 30.1 Å². The van der Waals surface area contributed by atoms with E-state index >= 15 is 0 Å². The lowest BCUT2D eigenvalue weighted by atomic mass is 10.00. The van der Waals surface area contributed by atoms with Gasteiger partial charge in [-0.25, -0.2) is 4.39 Å². The van der Waals surface area contributed by atoms with Crippen molar-refractivity contribution in [3.8, 4) is 0 Å². The van der Waals surface area contributed by atoms with E-state index in [1.54, 1.807) is 0 Å². The Labute approximate surface area is 107 Å². The first-order chi connectivity index (χ1) is 8.58. The minimum absolute atomic E-state index is 0.0316. The van der Waals surface area contributed by atoms with Gasteiger partial charge in [0, 0.05) is 18.2 Å². The molecule has 0 radical (unpaired) electrons. The average Bonchev–Trinajstić information content (AvgIpc) is 2.38. The maximum atomic E-state index is 12.8. The summed E-state index contributed by atoms with van der Waals surface area (Å²) >= 11 is 0. The molecule has 3 nitrogen and oxygen atoms in total. The molecule has 4 heteroatoms. The van der Waals surface area contributed by atoms with Gasteiger partial charge in [-0.05, 0) is 50.6 Å². The second kappa shape index (κ2) is 5.59. The van der Waals surface area contributed by atoms with Gasteiger partial charge in [-0.2, -0.15) is 0 Å². The molecule has 1 aromatic rings. The van der Waals surface area contributed by atoms with E-state index in [0.717, 1.165) is 25.9 Å². The average molecular weight is 250 g/mol. The quantitative estimate of drug-likeness (QED) is 0.832. The SMILES string of the molecule is CC(C(=O)c1ccc(F)cc1)N1CCCC(N)C1. The number of hydrogen-bond acceptors (Lipinski definition) is 3. The van der Waals surface area contributed by atoms with Crippen molar-refractivity contribution in [1.82, 2.24) is 4.90 Å². The number of rotatable bonds is 3. The standard InChI is InChI=1S/C14H19FN2O/c1-10(17-8-2-3-13(16)9-17)14(18)11-4-6-12(15)7-5-11/h4-7,10,13H,2-3,8-9,16H2,1H3. The lowest BCUT2D eigenvalue weighted by Crippen LogP contribution is -2.49. The van der Waals surface area contributed by atoms with Gasteiger partial charge >= 0.3 is 0 Å². The van der Waals surface area contributed by atoms with E-state index in [2.05, 4.69) is 4.90 Å². The fourth-order valence-corrected chi connectivity index (χ4v) is 2.41. The van der Waals surface area contributed by atoms with Gasteiger partial charge in [0.05, 0.1) is 6.04 Å². The molecule has 2 unspecified atom stereocenters. The van der Waals surface area contributed by atoms with Crippen molar-refractivity contribution < 1.29 is 9.18 Å². The van der Waals surface area contributed by atoms with E-state index in [1.807, 2.05) is 6.92 Å². The van der Waals surface area contributed by atoms with Crippen molar-refractivity contribution in [2.75, 3.05) is 13.1 Å². The number of likely N-dealkylation sites (tertiary alicyclic amines) is 1. The highest BCUT2D eigenvalue weighted by Crippen LogP contribution is 2.15. The van der Waals surface area contributed by atoms with Crippen molar-refractivity contribution in [2.24, 2.45) is 5.73 Å². The number of carbonyl (C=O) groups excluding carboxylic acids is 1. The largest absolute Gasteiger partial charge is 0.327 e. The van der Waals surface area contributed by atoms with Gasteiger partial charge in [-0.15, -0.1) is 0 Å². The van der Waals surface area contributed by atoms with Gasteiger partial charge in [0.2, 0.25) is 0 Å². The highest BCUT2D eigenvalue weighted by Gasteiger charge is 2.26. The van der Waals surface area contributed by atoms with Crippen LogP contribution in [-0.4, -0.2) is 35.9 Å². The zero-order chi connectivity index (χ0) is 13.1. The van der Waals surface area contributed by atoms with Crippen LogP contribution >= 0.6 is 0 Å². The Morgan fingerprint density at radius 3 is 2.72 bits per heavy atom. The Hall–Kier alpha value is -1.26.